The summed E-state index contributed by atoms with van der Waals surface area (Å²) in [6, 6.07) is 1.91. The summed E-state index contributed by atoms with van der Waals surface area (Å²) in [6.45, 7) is 0.824. The Labute approximate surface area is 104 Å². The molecule has 0 spiro atoms. The Morgan fingerprint density at radius 1 is 1.41 bits per heavy atom. The van der Waals surface area contributed by atoms with Gasteiger partial charge in [0.2, 0.25) is 0 Å². The molecule has 1 fully saturated rings. The van der Waals surface area contributed by atoms with Crippen molar-refractivity contribution in [2.75, 3.05) is 0 Å². The first-order chi connectivity index (χ1) is 8.34. The van der Waals surface area contributed by atoms with Crippen LogP contribution in [0.1, 0.15) is 32.1 Å². The van der Waals surface area contributed by atoms with E-state index in [0.29, 0.717) is 0 Å². The number of nitrogens with zero attached hydrogens (tertiary/aromatic N) is 2. The quantitative estimate of drug-likeness (QED) is 0.836. The van der Waals surface area contributed by atoms with Crippen molar-refractivity contribution in [2.45, 2.75) is 38.6 Å². The summed E-state index contributed by atoms with van der Waals surface area (Å²) in [5.41, 5.74) is 0.958. The molecule has 0 aliphatic heterocycles. The van der Waals surface area contributed by atoms with Gasteiger partial charge in [-0.3, -0.25) is 9.36 Å². The van der Waals surface area contributed by atoms with E-state index in [1.54, 1.807) is 10.9 Å². The predicted octanol–water partition coefficient (Wildman–Crippen LogP) is 3.04. The van der Waals surface area contributed by atoms with Crippen LogP contribution < -0.4 is 5.56 Å². The predicted molar refractivity (Wildman–Crippen MR) is 70.5 cm³/mol. The Morgan fingerprint density at radius 3 is 3.06 bits per heavy atom. The topological polar surface area (TPSA) is 34.9 Å². The maximum Gasteiger partial charge on any atom is 0.271 e. The SMILES string of the molecule is O=c1c2sccc2ncn1CCC1CCCC1. The Morgan fingerprint density at radius 2 is 2.24 bits per heavy atom. The van der Waals surface area contributed by atoms with Crippen molar-refractivity contribution in [3.63, 3.8) is 0 Å². The molecule has 0 radical (unpaired) electrons. The second-order valence-electron chi connectivity index (χ2n) is 4.82. The van der Waals surface area contributed by atoms with E-state index in [2.05, 4.69) is 4.98 Å². The molecule has 0 saturated heterocycles. The zero-order valence-electron chi connectivity index (χ0n) is 9.76. The summed E-state index contributed by atoms with van der Waals surface area (Å²) < 4.78 is 2.57. The fourth-order valence-electron chi connectivity index (χ4n) is 2.66. The fraction of sp³-hybridized carbons (Fsp3) is 0.538. The third kappa shape index (κ3) is 2.14. The molecule has 1 aliphatic carbocycles. The lowest BCUT2D eigenvalue weighted by atomic mass is 10.0. The Bertz CT molecular complexity index is 566. The van der Waals surface area contributed by atoms with E-state index in [0.717, 1.165) is 29.1 Å². The molecular formula is C13H16N2OS. The molecule has 2 heterocycles. The molecular weight excluding hydrogens is 232 g/mol. The van der Waals surface area contributed by atoms with Crippen LogP contribution in [0.5, 0.6) is 0 Å². The smallest absolute Gasteiger partial charge is 0.271 e. The number of aryl methyl sites for hydroxylation is 1. The van der Waals surface area contributed by atoms with Gasteiger partial charge in [-0.25, -0.2) is 4.98 Å². The molecule has 4 heteroatoms. The largest absolute Gasteiger partial charge is 0.298 e. The van der Waals surface area contributed by atoms with Crippen LogP contribution in [0, 0.1) is 5.92 Å². The third-order valence-electron chi connectivity index (χ3n) is 3.69. The van der Waals surface area contributed by atoms with Gasteiger partial charge in [0.25, 0.3) is 5.56 Å². The highest BCUT2D eigenvalue weighted by Crippen LogP contribution is 2.27. The summed E-state index contributed by atoms with van der Waals surface area (Å²) in [7, 11) is 0. The highest BCUT2D eigenvalue weighted by Gasteiger charge is 2.15. The van der Waals surface area contributed by atoms with Gasteiger partial charge in [-0.1, -0.05) is 25.7 Å². The molecule has 3 rings (SSSR count). The maximum atomic E-state index is 12.1. The molecule has 0 atom stereocenters. The molecule has 0 N–H and O–H groups in total. The third-order valence-corrected chi connectivity index (χ3v) is 4.58. The van der Waals surface area contributed by atoms with Gasteiger partial charge in [0.15, 0.2) is 0 Å². The Balaban J connectivity index is 1.80. The summed E-state index contributed by atoms with van der Waals surface area (Å²) in [6.07, 6.45) is 8.22. The van der Waals surface area contributed by atoms with E-state index in [9.17, 15) is 4.79 Å². The minimum Gasteiger partial charge on any atom is -0.298 e. The molecule has 17 heavy (non-hydrogen) atoms. The normalized spacial score (nSPS) is 16.9. The van der Waals surface area contributed by atoms with Gasteiger partial charge in [-0.15, -0.1) is 11.3 Å². The van der Waals surface area contributed by atoms with Crippen molar-refractivity contribution in [1.29, 1.82) is 0 Å². The monoisotopic (exact) mass is 248 g/mol. The molecule has 2 aromatic rings. The summed E-state index contributed by atoms with van der Waals surface area (Å²) in [5, 5.41) is 1.93. The fourth-order valence-corrected chi connectivity index (χ4v) is 3.45. The zero-order chi connectivity index (χ0) is 11.7. The molecule has 90 valence electrons. The van der Waals surface area contributed by atoms with E-state index in [4.69, 9.17) is 0 Å². The minimum absolute atomic E-state index is 0.128. The summed E-state index contributed by atoms with van der Waals surface area (Å²) in [4.78, 5) is 16.4. The van der Waals surface area contributed by atoms with Gasteiger partial charge < -0.3 is 0 Å². The van der Waals surface area contributed by atoms with Crippen molar-refractivity contribution in [2.24, 2.45) is 5.92 Å². The van der Waals surface area contributed by atoms with Crippen molar-refractivity contribution >= 4 is 21.6 Å². The number of hydrogen-bond acceptors (Lipinski definition) is 3. The van der Waals surface area contributed by atoms with Crippen LogP contribution in [0.3, 0.4) is 0 Å². The second-order valence-corrected chi connectivity index (χ2v) is 5.73. The molecule has 0 amide bonds. The van der Waals surface area contributed by atoms with E-state index >= 15 is 0 Å². The molecule has 0 aromatic carbocycles. The average molecular weight is 248 g/mol. The van der Waals surface area contributed by atoms with Crippen LogP contribution in [0.4, 0.5) is 0 Å². The number of fused-ring (bicyclic) bond motifs is 1. The molecule has 1 aliphatic rings. The highest BCUT2D eigenvalue weighted by atomic mass is 32.1. The number of hydrogen-bond donors (Lipinski definition) is 0. The van der Waals surface area contributed by atoms with Gasteiger partial charge >= 0.3 is 0 Å². The summed E-state index contributed by atoms with van der Waals surface area (Å²) >= 11 is 1.49. The van der Waals surface area contributed by atoms with Crippen molar-refractivity contribution in [3.8, 4) is 0 Å². The first kappa shape index (κ1) is 11.0. The molecule has 2 aromatic heterocycles. The van der Waals surface area contributed by atoms with Crippen LogP contribution in [-0.2, 0) is 6.54 Å². The van der Waals surface area contributed by atoms with Crippen molar-refractivity contribution < 1.29 is 0 Å². The molecule has 3 nitrogen and oxygen atoms in total. The number of aromatic nitrogens is 2. The maximum absolute atomic E-state index is 12.1. The van der Waals surface area contributed by atoms with E-state index in [-0.39, 0.29) is 5.56 Å². The Kier molecular flexibility index (Phi) is 2.97. The van der Waals surface area contributed by atoms with Gasteiger partial charge in [0, 0.05) is 6.54 Å². The lowest BCUT2D eigenvalue weighted by molar-refractivity contribution is 0.452. The van der Waals surface area contributed by atoms with Crippen LogP contribution >= 0.6 is 11.3 Å². The van der Waals surface area contributed by atoms with Crippen LogP contribution in [0.2, 0.25) is 0 Å². The first-order valence-corrected chi connectivity index (χ1v) is 7.15. The van der Waals surface area contributed by atoms with E-state index < -0.39 is 0 Å². The minimum atomic E-state index is 0.128. The van der Waals surface area contributed by atoms with Crippen LogP contribution in [0.25, 0.3) is 10.2 Å². The van der Waals surface area contributed by atoms with Gasteiger partial charge in [-0.05, 0) is 23.8 Å². The standard InChI is InChI=1S/C13H16N2OS/c16-13-12-11(6-8-17-12)14-9-15(13)7-5-10-3-1-2-4-10/h6,8-10H,1-5,7H2. The molecule has 0 unspecified atom stereocenters. The lowest BCUT2D eigenvalue weighted by Crippen LogP contribution is -2.20. The zero-order valence-corrected chi connectivity index (χ0v) is 10.6. The Hall–Kier alpha value is -1.16. The van der Waals surface area contributed by atoms with Gasteiger partial charge in [0.1, 0.15) is 4.70 Å². The average Bonchev–Trinajstić information content (AvgIpc) is 2.99. The highest BCUT2D eigenvalue weighted by molar-refractivity contribution is 7.17. The molecule has 1 saturated carbocycles. The van der Waals surface area contributed by atoms with Gasteiger partial charge in [-0.2, -0.15) is 0 Å². The number of thiophene rings is 1. The van der Waals surface area contributed by atoms with Gasteiger partial charge in [0.05, 0.1) is 11.8 Å². The summed E-state index contributed by atoms with van der Waals surface area (Å²) in [5.74, 6) is 0.820. The van der Waals surface area contributed by atoms with Crippen LogP contribution in [-0.4, -0.2) is 9.55 Å². The first-order valence-electron chi connectivity index (χ1n) is 6.27. The lowest BCUT2D eigenvalue weighted by Gasteiger charge is -2.09. The van der Waals surface area contributed by atoms with E-state index in [1.807, 2.05) is 11.4 Å². The second kappa shape index (κ2) is 4.61. The molecule has 0 bridgehead atoms. The van der Waals surface area contributed by atoms with E-state index in [1.165, 1.54) is 37.0 Å². The van der Waals surface area contributed by atoms with Crippen molar-refractivity contribution in [1.82, 2.24) is 9.55 Å². The van der Waals surface area contributed by atoms with Crippen LogP contribution in [0.15, 0.2) is 22.6 Å². The number of rotatable bonds is 3. The van der Waals surface area contributed by atoms with Crippen molar-refractivity contribution in [3.05, 3.63) is 28.1 Å².